The number of tetrazole rings is 1. The minimum absolute atomic E-state index is 0.166. The van der Waals surface area contributed by atoms with Crippen LogP contribution in [0.15, 0.2) is 48.8 Å². The molecule has 2 aromatic carbocycles. The number of nitrogens with one attached hydrogen (secondary N) is 1. The molecule has 1 N–H and O–H groups in total. The van der Waals surface area contributed by atoms with Crippen molar-refractivity contribution in [2.75, 3.05) is 12.4 Å². The van der Waals surface area contributed by atoms with Gasteiger partial charge in [0.15, 0.2) is 0 Å². The standard InChI is InChI=1S/C18H14N6O3/c1-23-17(26)14-7-4-12(9-15(14)18(23)27)20-16(25)8-11-2-5-13(6-3-11)24-10-19-21-22-24/h2-7,9-10H,8H2,1H3,(H,20,25). The van der Waals surface area contributed by atoms with Gasteiger partial charge in [0, 0.05) is 12.7 Å². The Hall–Kier alpha value is -3.88. The first-order valence-electron chi connectivity index (χ1n) is 8.11. The van der Waals surface area contributed by atoms with Crippen molar-refractivity contribution in [2.45, 2.75) is 6.42 Å². The van der Waals surface area contributed by atoms with Crippen LogP contribution >= 0.6 is 0 Å². The molecule has 134 valence electrons. The van der Waals surface area contributed by atoms with Gasteiger partial charge in [-0.25, -0.2) is 4.68 Å². The summed E-state index contributed by atoms with van der Waals surface area (Å²) in [5.74, 6) is -0.935. The molecule has 1 aliphatic heterocycles. The third-order valence-corrected chi connectivity index (χ3v) is 4.29. The molecule has 1 aliphatic rings. The number of aromatic nitrogens is 4. The maximum absolute atomic E-state index is 12.3. The highest BCUT2D eigenvalue weighted by Gasteiger charge is 2.32. The van der Waals surface area contributed by atoms with Gasteiger partial charge in [0.25, 0.3) is 11.8 Å². The van der Waals surface area contributed by atoms with Crippen molar-refractivity contribution in [1.82, 2.24) is 25.1 Å². The van der Waals surface area contributed by atoms with Crippen LogP contribution in [0.4, 0.5) is 5.69 Å². The van der Waals surface area contributed by atoms with E-state index in [1.165, 1.54) is 24.1 Å². The summed E-state index contributed by atoms with van der Waals surface area (Å²) < 4.78 is 1.52. The third kappa shape index (κ3) is 3.06. The van der Waals surface area contributed by atoms with Gasteiger partial charge >= 0.3 is 0 Å². The first kappa shape index (κ1) is 16.6. The number of hydrogen-bond donors (Lipinski definition) is 1. The Morgan fingerprint density at radius 2 is 1.78 bits per heavy atom. The lowest BCUT2D eigenvalue weighted by molar-refractivity contribution is -0.115. The van der Waals surface area contributed by atoms with Crippen molar-refractivity contribution in [2.24, 2.45) is 0 Å². The molecule has 0 unspecified atom stereocenters. The minimum Gasteiger partial charge on any atom is -0.326 e. The maximum atomic E-state index is 12.3. The zero-order valence-electron chi connectivity index (χ0n) is 14.3. The second kappa shape index (κ2) is 6.45. The number of imide groups is 1. The van der Waals surface area contributed by atoms with Crippen LogP contribution in [0, 0.1) is 0 Å². The molecular formula is C18H14N6O3. The highest BCUT2D eigenvalue weighted by Crippen LogP contribution is 2.24. The molecule has 0 atom stereocenters. The number of nitrogens with zero attached hydrogens (tertiary/aromatic N) is 5. The van der Waals surface area contributed by atoms with Crippen molar-refractivity contribution in [3.05, 3.63) is 65.5 Å². The maximum Gasteiger partial charge on any atom is 0.261 e. The van der Waals surface area contributed by atoms with Gasteiger partial charge in [-0.1, -0.05) is 12.1 Å². The summed E-state index contributed by atoms with van der Waals surface area (Å²) in [6.07, 6.45) is 1.65. The van der Waals surface area contributed by atoms with Gasteiger partial charge < -0.3 is 5.32 Å². The lowest BCUT2D eigenvalue weighted by atomic mass is 10.1. The highest BCUT2D eigenvalue weighted by atomic mass is 16.2. The van der Waals surface area contributed by atoms with Crippen LogP contribution in [0.25, 0.3) is 5.69 Å². The first-order valence-corrected chi connectivity index (χ1v) is 8.11. The fourth-order valence-corrected chi connectivity index (χ4v) is 2.88. The van der Waals surface area contributed by atoms with E-state index in [0.29, 0.717) is 16.8 Å². The predicted molar refractivity (Wildman–Crippen MR) is 94.4 cm³/mol. The van der Waals surface area contributed by atoms with E-state index in [2.05, 4.69) is 20.8 Å². The molecule has 0 saturated heterocycles. The average molecular weight is 362 g/mol. The molecule has 0 bridgehead atoms. The molecule has 0 saturated carbocycles. The summed E-state index contributed by atoms with van der Waals surface area (Å²) in [7, 11) is 1.43. The van der Waals surface area contributed by atoms with Crippen molar-refractivity contribution in [3.8, 4) is 5.69 Å². The fourth-order valence-electron chi connectivity index (χ4n) is 2.88. The second-order valence-electron chi connectivity index (χ2n) is 6.08. The van der Waals surface area contributed by atoms with E-state index in [4.69, 9.17) is 0 Å². The van der Waals surface area contributed by atoms with Crippen LogP contribution in [-0.4, -0.2) is 49.9 Å². The number of carbonyl (C=O) groups is 3. The second-order valence-corrected chi connectivity index (χ2v) is 6.08. The molecule has 4 rings (SSSR count). The summed E-state index contributed by atoms with van der Waals surface area (Å²) in [5.41, 5.74) is 2.72. The van der Waals surface area contributed by atoms with Gasteiger partial charge in [-0.3, -0.25) is 19.3 Å². The summed E-state index contributed by atoms with van der Waals surface area (Å²) in [5, 5.41) is 13.7. The molecule has 0 fully saturated rings. The number of hydrogen-bond acceptors (Lipinski definition) is 6. The number of benzene rings is 2. The lowest BCUT2D eigenvalue weighted by Crippen LogP contribution is -2.24. The van der Waals surface area contributed by atoms with Crippen LogP contribution in [0.3, 0.4) is 0 Å². The van der Waals surface area contributed by atoms with E-state index in [9.17, 15) is 14.4 Å². The number of rotatable bonds is 4. The van der Waals surface area contributed by atoms with Gasteiger partial charge in [0.1, 0.15) is 6.33 Å². The van der Waals surface area contributed by atoms with Crippen LogP contribution in [-0.2, 0) is 11.2 Å². The molecule has 1 aromatic heterocycles. The summed E-state index contributed by atoms with van der Waals surface area (Å²) in [4.78, 5) is 37.3. The van der Waals surface area contributed by atoms with Crippen LogP contribution in [0.2, 0.25) is 0 Å². The van der Waals surface area contributed by atoms with Gasteiger partial charge in [-0.15, -0.1) is 5.10 Å². The molecule has 27 heavy (non-hydrogen) atoms. The Balaban J connectivity index is 1.44. The molecule has 9 heteroatoms. The fraction of sp³-hybridized carbons (Fsp3) is 0.111. The molecule has 0 radical (unpaired) electrons. The number of amides is 3. The number of fused-ring (bicyclic) bond motifs is 1. The van der Waals surface area contributed by atoms with Gasteiger partial charge in [0.05, 0.1) is 23.2 Å². The lowest BCUT2D eigenvalue weighted by Gasteiger charge is -2.07. The van der Waals surface area contributed by atoms with Crippen molar-refractivity contribution < 1.29 is 14.4 Å². The van der Waals surface area contributed by atoms with Gasteiger partial charge in [-0.2, -0.15) is 0 Å². The Morgan fingerprint density at radius 3 is 2.48 bits per heavy atom. The normalized spacial score (nSPS) is 13.0. The Kier molecular flexibility index (Phi) is 3.96. The first-order chi connectivity index (χ1) is 13.0. The molecular weight excluding hydrogens is 348 g/mol. The monoisotopic (exact) mass is 362 g/mol. The smallest absolute Gasteiger partial charge is 0.261 e. The molecule has 3 amide bonds. The van der Waals surface area contributed by atoms with E-state index < -0.39 is 0 Å². The quantitative estimate of drug-likeness (QED) is 0.695. The summed E-state index contributed by atoms with van der Waals surface area (Å²) >= 11 is 0. The van der Waals surface area contributed by atoms with E-state index in [0.717, 1.165) is 16.2 Å². The third-order valence-electron chi connectivity index (χ3n) is 4.29. The number of anilines is 1. The zero-order valence-corrected chi connectivity index (χ0v) is 14.3. The average Bonchev–Trinajstić information content (AvgIpc) is 3.27. The molecule has 3 aromatic rings. The van der Waals surface area contributed by atoms with Crippen LogP contribution in [0.5, 0.6) is 0 Å². The SMILES string of the molecule is CN1C(=O)c2ccc(NC(=O)Cc3ccc(-n4cnnn4)cc3)cc2C1=O. The van der Waals surface area contributed by atoms with E-state index in [-0.39, 0.29) is 24.1 Å². The predicted octanol–water partition coefficient (Wildman–Crippen LogP) is 1.07. The van der Waals surface area contributed by atoms with Crippen molar-refractivity contribution in [3.63, 3.8) is 0 Å². The van der Waals surface area contributed by atoms with Crippen LogP contribution in [0.1, 0.15) is 26.3 Å². The zero-order chi connectivity index (χ0) is 19.0. The Bertz CT molecular complexity index is 1040. The van der Waals surface area contributed by atoms with Crippen molar-refractivity contribution >= 4 is 23.4 Å². The van der Waals surface area contributed by atoms with Gasteiger partial charge in [-0.05, 0) is 46.3 Å². The minimum atomic E-state index is -0.371. The largest absolute Gasteiger partial charge is 0.326 e. The van der Waals surface area contributed by atoms with Gasteiger partial charge in [0.2, 0.25) is 5.91 Å². The topological polar surface area (TPSA) is 110 Å². The highest BCUT2D eigenvalue weighted by molar-refractivity contribution is 6.21. The van der Waals surface area contributed by atoms with Crippen LogP contribution < -0.4 is 5.32 Å². The Morgan fingerprint density at radius 1 is 1.04 bits per heavy atom. The molecule has 0 spiro atoms. The van der Waals surface area contributed by atoms with E-state index >= 15 is 0 Å². The van der Waals surface area contributed by atoms with E-state index in [1.807, 2.05) is 24.3 Å². The number of carbonyl (C=O) groups excluding carboxylic acids is 3. The molecule has 9 nitrogen and oxygen atoms in total. The molecule has 2 heterocycles. The Labute approximate surface area is 153 Å². The van der Waals surface area contributed by atoms with Crippen molar-refractivity contribution in [1.29, 1.82) is 0 Å². The van der Waals surface area contributed by atoms with E-state index in [1.54, 1.807) is 12.1 Å². The summed E-state index contributed by atoms with van der Waals surface area (Å²) in [6, 6.07) is 11.9. The summed E-state index contributed by atoms with van der Waals surface area (Å²) in [6.45, 7) is 0. The molecule has 0 aliphatic carbocycles.